The highest BCUT2D eigenvalue weighted by Crippen LogP contribution is 2.33. The summed E-state index contributed by atoms with van der Waals surface area (Å²) in [5.41, 5.74) is 3.18. The molecule has 0 saturated carbocycles. The Bertz CT molecular complexity index is 997. The first kappa shape index (κ1) is 20.2. The van der Waals surface area contributed by atoms with E-state index in [1.807, 2.05) is 28.8 Å². The number of fused-ring (bicyclic) bond motifs is 1. The minimum absolute atomic E-state index is 0.746. The summed E-state index contributed by atoms with van der Waals surface area (Å²) in [4.78, 5) is 13.3. The van der Waals surface area contributed by atoms with Gasteiger partial charge in [-0.1, -0.05) is 35.1 Å². The number of nitrogens with zero attached hydrogens (tertiary/aromatic N) is 6. The first-order valence-electron chi connectivity index (χ1n) is 10.8. The molecule has 160 valence electrons. The van der Waals surface area contributed by atoms with E-state index in [1.165, 1.54) is 45.6 Å². The molecular formula is C22H29ClN6S. The lowest BCUT2D eigenvalue weighted by Crippen LogP contribution is -2.47. The first-order chi connectivity index (χ1) is 14.6. The van der Waals surface area contributed by atoms with Gasteiger partial charge >= 0.3 is 0 Å². The maximum atomic E-state index is 6.07. The largest absolute Gasteiger partial charge is 0.347 e. The highest BCUT2D eigenvalue weighted by Gasteiger charge is 2.26. The molecule has 2 aromatic heterocycles. The van der Waals surface area contributed by atoms with Crippen molar-refractivity contribution in [3.8, 4) is 11.3 Å². The number of piperidine rings is 1. The van der Waals surface area contributed by atoms with Crippen LogP contribution >= 0.6 is 22.9 Å². The lowest BCUT2D eigenvalue weighted by atomic mass is 9.96. The molecule has 0 radical (unpaired) electrons. The minimum Gasteiger partial charge on any atom is -0.347 e. The van der Waals surface area contributed by atoms with Crippen molar-refractivity contribution < 1.29 is 0 Å². The number of halogens is 1. The Morgan fingerprint density at radius 3 is 2.43 bits per heavy atom. The van der Waals surface area contributed by atoms with Gasteiger partial charge in [0.1, 0.15) is 0 Å². The molecule has 0 atom stereocenters. The number of aromatic nitrogens is 3. The molecule has 2 saturated heterocycles. The standard InChI is InChI=1S/C22H29ClN6S/c1-16-20(18-3-5-19(23)6-4-18)29-21(24-16)30-22(25-29)28-9-7-17(8-10-28)15-27-13-11-26(2)12-14-27/h3-6,17H,7-15H2,1-2H3. The number of hydrogen-bond donors (Lipinski definition) is 0. The van der Waals surface area contributed by atoms with Crippen LogP contribution in [0.4, 0.5) is 5.13 Å². The summed E-state index contributed by atoms with van der Waals surface area (Å²) in [5, 5.41) is 6.79. The van der Waals surface area contributed by atoms with Gasteiger partial charge in [0, 0.05) is 56.4 Å². The van der Waals surface area contributed by atoms with Crippen LogP contribution in [0.15, 0.2) is 24.3 Å². The third-order valence-corrected chi connectivity index (χ3v) is 7.70. The van der Waals surface area contributed by atoms with Gasteiger partial charge < -0.3 is 14.7 Å². The van der Waals surface area contributed by atoms with Crippen molar-refractivity contribution in [2.45, 2.75) is 19.8 Å². The number of imidazole rings is 1. The van der Waals surface area contributed by atoms with Crippen molar-refractivity contribution in [3.05, 3.63) is 35.0 Å². The molecule has 0 spiro atoms. The molecule has 0 aliphatic carbocycles. The fraction of sp³-hybridized carbons (Fsp3) is 0.545. The molecule has 0 amide bonds. The monoisotopic (exact) mass is 444 g/mol. The van der Waals surface area contributed by atoms with Gasteiger partial charge in [0.15, 0.2) is 0 Å². The number of piperazine rings is 1. The zero-order chi connectivity index (χ0) is 20.7. The van der Waals surface area contributed by atoms with Gasteiger partial charge in [0.05, 0.1) is 11.4 Å². The fourth-order valence-corrected chi connectivity index (χ4v) is 5.73. The lowest BCUT2D eigenvalue weighted by Gasteiger charge is -2.37. The van der Waals surface area contributed by atoms with Gasteiger partial charge in [0.2, 0.25) is 10.1 Å². The van der Waals surface area contributed by atoms with E-state index >= 15 is 0 Å². The van der Waals surface area contributed by atoms with E-state index in [9.17, 15) is 0 Å². The number of likely N-dealkylation sites (N-methyl/N-ethyl adjacent to an activating group) is 1. The summed E-state index contributed by atoms with van der Waals surface area (Å²) in [6.45, 7) is 10.3. The van der Waals surface area contributed by atoms with E-state index in [4.69, 9.17) is 21.7 Å². The average molecular weight is 445 g/mol. The highest BCUT2D eigenvalue weighted by molar-refractivity contribution is 7.20. The second-order valence-corrected chi connectivity index (χ2v) is 10.0. The third-order valence-electron chi connectivity index (χ3n) is 6.48. The molecule has 6 nitrogen and oxygen atoms in total. The van der Waals surface area contributed by atoms with E-state index in [0.717, 1.165) is 51.1 Å². The Hall–Kier alpha value is -1.67. The smallest absolute Gasteiger partial charge is 0.214 e. The number of aryl methyl sites for hydroxylation is 1. The molecule has 0 bridgehead atoms. The van der Waals surface area contributed by atoms with E-state index in [1.54, 1.807) is 11.3 Å². The molecule has 2 aliphatic heterocycles. The van der Waals surface area contributed by atoms with E-state index < -0.39 is 0 Å². The topological polar surface area (TPSA) is 39.9 Å². The molecule has 0 unspecified atom stereocenters. The molecule has 3 aromatic rings. The summed E-state index contributed by atoms with van der Waals surface area (Å²) in [6, 6.07) is 7.94. The molecule has 30 heavy (non-hydrogen) atoms. The first-order valence-corrected chi connectivity index (χ1v) is 12.0. The van der Waals surface area contributed by atoms with Crippen LogP contribution in [0.25, 0.3) is 16.2 Å². The van der Waals surface area contributed by atoms with Gasteiger partial charge in [-0.05, 0) is 44.9 Å². The quantitative estimate of drug-likeness (QED) is 0.610. The summed E-state index contributed by atoms with van der Waals surface area (Å²) in [6.07, 6.45) is 2.49. The Kier molecular flexibility index (Phi) is 5.71. The van der Waals surface area contributed by atoms with Crippen LogP contribution < -0.4 is 4.90 Å². The average Bonchev–Trinajstić information content (AvgIpc) is 3.28. The Morgan fingerprint density at radius 1 is 1.03 bits per heavy atom. The number of benzene rings is 1. The summed E-state index contributed by atoms with van der Waals surface area (Å²) < 4.78 is 2.01. The minimum atomic E-state index is 0.746. The van der Waals surface area contributed by atoms with Crippen molar-refractivity contribution in [3.63, 3.8) is 0 Å². The molecular weight excluding hydrogens is 416 g/mol. The third kappa shape index (κ3) is 4.08. The van der Waals surface area contributed by atoms with Gasteiger partial charge in [0.25, 0.3) is 0 Å². The van der Waals surface area contributed by atoms with Crippen LogP contribution in [0.3, 0.4) is 0 Å². The number of rotatable bonds is 4. The van der Waals surface area contributed by atoms with Crippen LogP contribution in [0.2, 0.25) is 5.02 Å². The predicted octanol–water partition coefficient (Wildman–Crippen LogP) is 3.88. The summed E-state index contributed by atoms with van der Waals surface area (Å²) in [5.74, 6) is 0.806. The zero-order valence-electron chi connectivity index (χ0n) is 17.7. The SMILES string of the molecule is Cc1nc2sc(N3CCC(CN4CCN(C)CC4)CC3)nn2c1-c1ccc(Cl)cc1. The van der Waals surface area contributed by atoms with Gasteiger partial charge in [-0.2, -0.15) is 0 Å². The molecule has 1 aromatic carbocycles. The zero-order valence-corrected chi connectivity index (χ0v) is 19.3. The molecule has 8 heteroatoms. The van der Waals surface area contributed by atoms with Gasteiger partial charge in [-0.15, -0.1) is 5.10 Å². The Balaban J connectivity index is 1.27. The molecule has 2 aliphatic rings. The van der Waals surface area contributed by atoms with Crippen LogP contribution in [0.1, 0.15) is 18.5 Å². The maximum absolute atomic E-state index is 6.07. The second kappa shape index (κ2) is 8.46. The van der Waals surface area contributed by atoms with E-state index in [0.29, 0.717) is 0 Å². The van der Waals surface area contributed by atoms with E-state index in [2.05, 4.69) is 28.7 Å². The van der Waals surface area contributed by atoms with Crippen molar-refractivity contribution in [1.82, 2.24) is 24.4 Å². The fourth-order valence-electron chi connectivity index (χ4n) is 4.61. The maximum Gasteiger partial charge on any atom is 0.214 e. The lowest BCUT2D eigenvalue weighted by molar-refractivity contribution is 0.129. The number of anilines is 1. The van der Waals surface area contributed by atoms with E-state index in [-0.39, 0.29) is 0 Å². The second-order valence-electron chi connectivity index (χ2n) is 8.67. The van der Waals surface area contributed by atoms with Crippen molar-refractivity contribution in [1.29, 1.82) is 0 Å². The van der Waals surface area contributed by atoms with Crippen molar-refractivity contribution in [2.24, 2.45) is 5.92 Å². The Labute approximate surface area is 187 Å². The van der Waals surface area contributed by atoms with Crippen molar-refractivity contribution in [2.75, 3.05) is 57.8 Å². The predicted molar refractivity (Wildman–Crippen MR) is 125 cm³/mol. The molecule has 0 N–H and O–H groups in total. The molecule has 2 fully saturated rings. The summed E-state index contributed by atoms with van der Waals surface area (Å²) in [7, 11) is 2.22. The molecule has 4 heterocycles. The van der Waals surface area contributed by atoms with Crippen LogP contribution in [0, 0.1) is 12.8 Å². The van der Waals surface area contributed by atoms with Crippen LogP contribution in [0.5, 0.6) is 0 Å². The summed E-state index contributed by atoms with van der Waals surface area (Å²) >= 11 is 7.77. The van der Waals surface area contributed by atoms with Crippen molar-refractivity contribution >= 4 is 33.0 Å². The van der Waals surface area contributed by atoms with Gasteiger partial charge in [-0.3, -0.25) is 0 Å². The van der Waals surface area contributed by atoms with Crippen LogP contribution in [-0.2, 0) is 0 Å². The highest BCUT2D eigenvalue weighted by atomic mass is 35.5. The normalized spacial score (nSPS) is 19.8. The molecule has 5 rings (SSSR count). The Morgan fingerprint density at radius 2 is 1.73 bits per heavy atom. The van der Waals surface area contributed by atoms with Gasteiger partial charge in [-0.25, -0.2) is 9.50 Å². The number of hydrogen-bond acceptors (Lipinski definition) is 6. The van der Waals surface area contributed by atoms with Crippen LogP contribution in [-0.4, -0.2) is 77.3 Å².